The molecule has 0 atom stereocenters. The van der Waals surface area contributed by atoms with E-state index in [-0.39, 0.29) is 11.8 Å². The highest BCUT2D eigenvalue weighted by molar-refractivity contribution is 7.89. The SMILES string of the molecule is CCS(=O)(=O)N1CCC(NCc2cccc(C(F)(F)F)c2)CC1. The Kier molecular flexibility index (Phi) is 5.70. The molecule has 23 heavy (non-hydrogen) atoms. The van der Waals surface area contributed by atoms with Gasteiger partial charge >= 0.3 is 6.18 Å². The van der Waals surface area contributed by atoms with Crippen LogP contribution in [-0.2, 0) is 22.7 Å². The molecule has 0 saturated carbocycles. The fraction of sp³-hybridized carbons (Fsp3) is 0.600. The zero-order chi connectivity index (χ0) is 17.1. The lowest BCUT2D eigenvalue weighted by molar-refractivity contribution is -0.137. The minimum absolute atomic E-state index is 0.0926. The van der Waals surface area contributed by atoms with Gasteiger partial charge in [-0.3, -0.25) is 0 Å². The van der Waals surface area contributed by atoms with Crippen LogP contribution in [0.1, 0.15) is 30.9 Å². The van der Waals surface area contributed by atoms with Crippen molar-refractivity contribution in [2.75, 3.05) is 18.8 Å². The van der Waals surface area contributed by atoms with Gasteiger partial charge in [-0.1, -0.05) is 18.2 Å². The van der Waals surface area contributed by atoms with Crippen molar-refractivity contribution in [3.63, 3.8) is 0 Å². The van der Waals surface area contributed by atoms with Crippen molar-refractivity contribution < 1.29 is 21.6 Å². The number of nitrogens with zero attached hydrogens (tertiary/aromatic N) is 1. The largest absolute Gasteiger partial charge is 0.416 e. The first-order chi connectivity index (χ1) is 10.7. The van der Waals surface area contributed by atoms with Crippen molar-refractivity contribution in [1.82, 2.24) is 9.62 Å². The lowest BCUT2D eigenvalue weighted by atomic mass is 10.1. The molecular weight excluding hydrogens is 329 g/mol. The predicted octanol–water partition coefficient (Wildman–Crippen LogP) is 2.61. The highest BCUT2D eigenvalue weighted by Gasteiger charge is 2.30. The molecule has 1 fully saturated rings. The van der Waals surface area contributed by atoms with Crippen molar-refractivity contribution in [1.29, 1.82) is 0 Å². The smallest absolute Gasteiger partial charge is 0.310 e. The van der Waals surface area contributed by atoms with Crippen molar-refractivity contribution in [2.45, 2.75) is 38.5 Å². The average molecular weight is 350 g/mol. The Hall–Kier alpha value is -1.12. The van der Waals surface area contributed by atoms with Crippen LogP contribution in [0.15, 0.2) is 24.3 Å². The summed E-state index contributed by atoms with van der Waals surface area (Å²) in [5.41, 5.74) is -0.0795. The van der Waals surface area contributed by atoms with Crippen LogP contribution in [0, 0.1) is 0 Å². The van der Waals surface area contributed by atoms with Gasteiger partial charge in [0, 0.05) is 25.7 Å². The van der Waals surface area contributed by atoms with Gasteiger partial charge in [0.2, 0.25) is 10.0 Å². The fourth-order valence-electron chi connectivity index (χ4n) is 2.64. The molecule has 1 heterocycles. The Morgan fingerprint density at radius 2 is 1.91 bits per heavy atom. The number of rotatable bonds is 5. The van der Waals surface area contributed by atoms with Gasteiger partial charge in [0.05, 0.1) is 11.3 Å². The first-order valence-electron chi connectivity index (χ1n) is 7.59. The Balaban J connectivity index is 1.87. The van der Waals surface area contributed by atoms with Crippen LogP contribution in [0.4, 0.5) is 13.2 Å². The number of alkyl halides is 3. The highest BCUT2D eigenvalue weighted by Crippen LogP contribution is 2.29. The first-order valence-corrected chi connectivity index (χ1v) is 9.20. The number of hydrogen-bond acceptors (Lipinski definition) is 3. The van der Waals surface area contributed by atoms with Gasteiger partial charge < -0.3 is 5.32 Å². The number of piperidine rings is 1. The summed E-state index contributed by atoms with van der Waals surface area (Å²) >= 11 is 0. The molecule has 8 heteroatoms. The second-order valence-corrected chi connectivity index (χ2v) is 7.91. The summed E-state index contributed by atoms with van der Waals surface area (Å²) in [6.07, 6.45) is -3.01. The van der Waals surface area contributed by atoms with Gasteiger partial charge in [-0.15, -0.1) is 0 Å². The van der Waals surface area contributed by atoms with Crippen molar-refractivity contribution in [2.24, 2.45) is 0 Å². The van der Waals surface area contributed by atoms with Crippen LogP contribution in [0.3, 0.4) is 0 Å². The Morgan fingerprint density at radius 3 is 2.48 bits per heavy atom. The lowest BCUT2D eigenvalue weighted by Crippen LogP contribution is -2.45. The molecule has 1 N–H and O–H groups in total. The van der Waals surface area contributed by atoms with Crippen molar-refractivity contribution in [3.05, 3.63) is 35.4 Å². The number of halogens is 3. The molecule has 0 radical (unpaired) electrons. The van der Waals surface area contributed by atoms with Crippen molar-refractivity contribution in [3.8, 4) is 0 Å². The summed E-state index contributed by atoms with van der Waals surface area (Å²) in [7, 11) is -3.15. The predicted molar refractivity (Wildman–Crippen MR) is 82.3 cm³/mol. The summed E-state index contributed by atoms with van der Waals surface area (Å²) in [5, 5.41) is 3.22. The molecule has 1 aromatic carbocycles. The van der Waals surface area contributed by atoms with E-state index >= 15 is 0 Å². The van der Waals surface area contributed by atoms with Gasteiger partial charge in [0.15, 0.2) is 0 Å². The van der Waals surface area contributed by atoms with Crippen LogP contribution in [0.5, 0.6) is 0 Å². The third-order valence-electron chi connectivity index (χ3n) is 4.06. The first kappa shape index (κ1) is 18.2. The second-order valence-electron chi connectivity index (χ2n) is 5.65. The van der Waals surface area contributed by atoms with Gasteiger partial charge in [0.25, 0.3) is 0 Å². The highest BCUT2D eigenvalue weighted by atomic mass is 32.2. The van der Waals surface area contributed by atoms with Crippen LogP contribution in [0.25, 0.3) is 0 Å². The summed E-state index contributed by atoms with van der Waals surface area (Å²) in [6.45, 7) is 2.87. The van der Waals surface area contributed by atoms with Crippen molar-refractivity contribution >= 4 is 10.0 Å². The molecule has 0 aliphatic carbocycles. The summed E-state index contributed by atoms with van der Waals surface area (Å²) in [5.74, 6) is 0.0926. The van der Waals surface area contributed by atoms with E-state index in [9.17, 15) is 21.6 Å². The molecule has 2 rings (SSSR count). The van der Waals surface area contributed by atoms with Gasteiger partial charge in [-0.05, 0) is 31.4 Å². The maximum atomic E-state index is 12.7. The van der Waals surface area contributed by atoms with E-state index in [0.717, 1.165) is 12.1 Å². The molecule has 0 aromatic heterocycles. The van der Waals surface area contributed by atoms with E-state index in [1.54, 1.807) is 13.0 Å². The Bertz CT molecular complexity index is 624. The van der Waals surface area contributed by atoms with E-state index in [2.05, 4.69) is 5.32 Å². The zero-order valence-electron chi connectivity index (χ0n) is 12.9. The molecule has 1 aliphatic rings. The van der Waals surface area contributed by atoms with Gasteiger partial charge in [0.1, 0.15) is 0 Å². The summed E-state index contributed by atoms with van der Waals surface area (Å²) in [6, 6.07) is 5.36. The van der Waals surface area contributed by atoms with Crippen LogP contribution in [0.2, 0.25) is 0 Å². The summed E-state index contributed by atoms with van der Waals surface area (Å²) in [4.78, 5) is 0. The van der Waals surface area contributed by atoms with E-state index in [1.807, 2.05) is 0 Å². The Labute approximate surface area is 134 Å². The quantitative estimate of drug-likeness (QED) is 0.888. The maximum absolute atomic E-state index is 12.7. The molecule has 4 nitrogen and oxygen atoms in total. The number of nitrogens with one attached hydrogen (secondary N) is 1. The minimum Gasteiger partial charge on any atom is -0.310 e. The average Bonchev–Trinajstić information content (AvgIpc) is 2.53. The second kappa shape index (κ2) is 7.19. The molecular formula is C15H21F3N2O2S. The monoisotopic (exact) mass is 350 g/mol. The third-order valence-corrected chi connectivity index (χ3v) is 5.94. The number of hydrogen-bond donors (Lipinski definition) is 1. The molecule has 1 saturated heterocycles. The molecule has 0 amide bonds. The van der Waals surface area contributed by atoms with Crippen LogP contribution < -0.4 is 5.32 Å². The molecule has 1 aliphatic heterocycles. The fourth-order valence-corrected chi connectivity index (χ4v) is 3.77. The molecule has 0 bridgehead atoms. The number of benzene rings is 1. The van der Waals surface area contributed by atoms with E-state index in [4.69, 9.17) is 0 Å². The minimum atomic E-state index is -4.34. The van der Waals surface area contributed by atoms with Crippen LogP contribution in [-0.4, -0.2) is 37.6 Å². The molecule has 1 aromatic rings. The topological polar surface area (TPSA) is 49.4 Å². The van der Waals surface area contributed by atoms with Crippen LogP contribution >= 0.6 is 0 Å². The third kappa shape index (κ3) is 4.92. The molecule has 0 unspecified atom stereocenters. The van der Waals surface area contributed by atoms with Gasteiger partial charge in [-0.25, -0.2) is 12.7 Å². The summed E-state index contributed by atoms with van der Waals surface area (Å²) < 4.78 is 63.0. The zero-order valence-corrected chi connectivity index (χ0v) is 13.8. The van der Waals surface area contributed by atoms with E-state index < -0.39 is 21.8 Å². The number of sulfonamides is 1. The van der Waals surface area contributed by atoms with Gasteiger partial charge in [-0.2, -0.15) is 13.2 Å². The molecule has 130 valence electrons. The van der Waals surface area contributed by atoms with E-state index in [1.165, 1.54) is 10.4 Å². The normalized spacial score (nSPS) is 18.3. The maximum Gasteiger partial charge on any atom is 0.416 e. The molecule has 0 spiro atoms. The Morgan fingerprint density at radius 1 is 1.26 bits per heavy atom. The van der Waals surface area contributed by atoms with E-state index in [0.29, 0.717) is 38.0 Å². The standard InChI is InChI=1S/C15H21F3N2O2S/c1-2-23(21,22)20-8-6-14(7-9-20)19-11-12-4-3-5-13(10-12)15(16,17)18/h3-5,10,14,19H,2,6-9,11H2,1H3. The lowest BCUT2D eigenvalue weighted by Gasteiger charge is -2.31.